The van der Waals surface area contributed by atoms with Crippen molar-refractivity contribution in [1.29, 1.82) is 0 Å². The van der Waals surface area contributed by atoms with Gasteiger partial charge in [-0.1, -0.05) is 0 Å². The van der Waals surface area contributed by atoms with Crippen LogP contribution in [0.2, 0.25) is 5.28 Å². The summed E-state index contributed by atoms with van der Waals surface area (Å²) >= 11 is 5.63. The van der Waals surface area contributed by atoms with Gasteiger partial charge in [0.25, 0.3) is 0 Å². The zero-order chi connectivity index (χ0) is 11.4. The van der Waals surface area contributed by atoms with Gasteiger partial charge in [0.15, 0.2) is 0 Å². The maximum Gasteiger partial charge on any atom is 0.228 e. The van der Waals surface area contributed by atoms with E-state index in [0.29, 0.717) is 32.3 Å². The highest BCUT2D eigenvalue weighted by Gasteiger charge is 2.14. The van der Waals surface area contributed by atoms with E-state index in [1.807, 2.05) is 0 Å². The van der Waals surface area contributed by atoms with Crippen LogP contribution >= 0.6 is 11.6 Å². The molecule has 7 nitrogen and oxygen atoms in total. The van der Waals surface area contributed by atoms with E-state index in [1.54, 1.807) is 0 Å². The Morgan fingerprint density at radius 3 is 2.94 bits per heavy atom. The Morgan fingerprint density at radius 1 is 1.38 bits per heavy atom. The number of rotatable bonds is 3. The molecule has 0 saturated carbocycles. The number of nitrogens with one attached hydrogen (secondary N) is 1. The summed E-state index contributed by atoms with van der Waals surface area (Å²) in [5, 5.41) is 3.03. The fourth-order valence-corrected chi connectivity index (χ4v) is 1.47. The molecule has 1 aromatic rings. The average molecular weight is 246 g/mol. The first-order valence-corrected chi connectivity index (χ1v) is 5.22. The zero-order valence-electron chi connectivity index (χ0n) is 8.52. The fourth-order valence-electron chi connectivity index (χ4n) is 1.30. The van der Waals surface area contributed by atoms with E-state index in [-0.39, 0.29) is 17.3 Å². The largest absolute Gasteiger partial charge is 0.376 e. The van der Waals surface area contributed by atoms with Crippen molar-refractivity contribution in [2.24, 2.45) is 0 Å². The van der Waals surface area contributed by atoms with Crippen molar-refractivity contribution >= 4 is 23.5 Å². The summed E-state index contributed by atoms with van der Waals surface area (Å²) in [5.41, 5.74) is 5.43. The molecule has 0 aromatic carbocycles. The molecule has 1 aliphatic rings. The van der Waals surface area contributed by atoms with Crippen molar-refractivity contribution in [3.8, 4) is 0 Å². The van der Waals surface area contributed by atoms with E-state index in [1.165, 1.54) is 0 Å². The second-order valence-electron chi connectivity index (χ2n) is 3.23. The van der Waals surface area contributed by atoms with Crippen LogP contribution in [0.15, 0.2) is 0 Å². The van der Waals surface area contributed by atoms with E-state index < -0.39 is 0 Å². The first-order valence-electron chi connectivity index (χ1n) is 4.84. The third-order valence-corrected chi connectivity index (χ3v) is 2.17. The predicted molar refractivity (Wildman–Crippen MR) is 58.3 cm³/mol. The van der Waals surface area contributed by atoms with Gasteiger partial charge in [0.2, 0.25) is 17.2 Å². The van der Waals surface area contributed by atoms with Crippen molar-refractivity contribution in [3.05, 3.63) is 5.28 Å². The molecule has 88 valence electrons. The van der Waals surface area contributed by atoms with Gasteiger partial charge in [-0.15, -0.1) is 0 Å². The molecule has 0 bridgehead atoms. The summed E-state index contributed by atoms with van der Waals surface area (Å²) < 4.78 is 10.7. The van der Waals surface area contributed by atoms with Gasteiger partial charge < -0.3 is 20.5 Å². The van der Waals surface area contributed by atoms with Crippen LogP contribution < -0.4 is 11.1 Å². The SMILES string of the molecule is Nc1nc(Cl)nc(NCC2COCCO2)n1. The van der Waals surface area contributed by atoms with Crippen LogP contribution in [0, 0.1) is 0 Å². The Labute approximate surface area is 97.3 Å². The van der Waals surface area contributed by atoms with E-state index in [4.69, 9.17) is 26.8 Å². The van der Waals surface area contributed by atoms with E-state index in [9.17, 15) is 0 Å². The topological polar surface area (TPSA) is 95.2 Å². The Hall–Kier alpha value is -1.18. The number of halogens is 1. The lowest BCUT2D eigenvalue weighted by Crippen LogP contribution is -2.34. The Morgan fingerprint density at radius 2 is 2.25 bits per heavy atom. The predicted octanol–water partition coefficient (Wildman–Crippen LogP) is -0.0655. The molecule has 1 saturated heterocycles. The third kappa shape index (κ3) is 3.16. The van der Waals surface area contributed by atoms with Gasteiger partial charge in [-0.25, -0.2) is 0 Å². The third-order valence-electron chi connectivity index (χ3n) is 2.00. The number of ether oxygens (including phenoxy) is 2. The summed E-state index contributed by atoms with van der Waals surface area (Å²) in [5.74, 6) is 0.426. The van der Waals surface area contributed by atoms with Crippen LogP contribution in [0.25, 0.3) is 0 Å². The van der Waals surface area contributed by atoms with Gasteiger partial charge >= 0.3 is 0 Å². The second-order valence-corrected chi connectivity index (χ2v) is 3.57. The monoisotopic (exact) mass is 245 g/mol. The lowest BCUT2D eigenvalue weighted by molar-refractivity contribution is -0.0819. The van der Waals surface area contributed by atoms with Gasteiger partial charge in [0.1, 0.15) is 0 Å². The van der Waals surface area contributed by atoms with Crippen molar-refractivity contribution in [2.75, 3.05) is 37.4 Å². The molecule has 1 unspecified atom stereocenters. The minimum absolute atomic E-state index is 0.00878. The highest BCUT2D eigenvalue weighted by atomic mass is 35.5. The van der Waals surface area contributed by atoms with Gasteiger partial charge in [0.05, 0.1) is 25.9 Å². The molecule has 16 heavy (non-hydrogen) atoms. The lowest BCUT2D eigenvalue weighted by atomic mass is 10.3. The number of anilines is 2. The normalized spacial score (nSPS) is 20.7. The highest BCUT2D eigenvalue weighted by Crippen LogP contribution is 2.08. The van der Waals surface area contributed by atoms with Crippen molar-refractivity contribution in [3.63, 3.8) is 0 Å². The van der Waals surface area contributed by atoms with Gasteiger partial charge in [-0.05, 0) is 11.6 Å². The summed E-state index contributed by atoms with van der Waals surface area (Å²) in [6, 6.07) is 0. The average Bonchev–Trinajstić information content (AvgIpc) is 2.27. The molecule has 0 amide bonds. The summed E-state index contributed by atoms with van der Waals surface area (Å²) in [4.78, 5) is 11.4. The fraction of sp³-hybridized carbons (Fsp3) is 0.625. The van der Waals surface area contributed by atoms with Gasteiger partial charge in [0, 0.05) is 6.54 Å². The Kier molecular flexibility index (Phi) is 3.70. The number of nitrogens with zero attached hydrogens (tertiary/aromatic N) is 3. The molecule has 2 heterocycles. The van der Waals surface area contributed by atoms with Crippen molar-refractivity contribution < 1.29 is 9.47 Å². The molecular weight excluding hydrogens is 234 g/mol. The van der Waals surface area contributed by atoms with Gasteiger partial charge in [-0.3, -0.25) is 0 Å². The Bertz CT molecular complexity index is 338. The number of nitrogen functional groups attached to an aromatic ring is 1. The highest BCUT2D eigenvalue weighted by molar-refractivity contribution is 6.28. The standard InChI is InChI=1S/C8H12ClN5O2/c9-6-12-7(10)14-8(13-6)11-3-5-4-15-1-2-16-5/h5H,1-4H2,(H3,10,11,12,13,14). The van der Waals surface area contributed by atoms with E-state index >= 15 is 0 Å². The van der Waals surface area contributed by atoms with Gasteiger partial charge in [-0.2, -0.15) is 15.0 Å². The second kappa shape index (κ2) is 5.24. The van der Waals surface area contributed by atoms with Crippen LogP contribution in [0.5, 0.6) is 0 Å². The summed E-state index contributed by atoms with van der Waals surface area (Å²) in [6.07, 6.45) is -0.00878. The molecule has 1 aliphatic heterocycles. The molecule has 3 N–H and O–H groups in total. The summed E-state index contributed by atoms with van der Waals surface area (Å²) in [7, 11) is 0. The minimum atomic E-state index is -0.00878. The minimum Gasteiger partial charge on any atom is -0.376 e. The molecule has 8 heteroatoms. The van der Waals surface area contributed by atoms with E-state index in [0.717, 1.165) is 0 Å². The molecule has 0 spiro atoms. The number of hydrogen-bond acceptors (Lipinski definition) is 7. The zero-order valence-corrected chi connectivity index (χ0v) is 9.28. The van der Waals surface area contributed by atoms with Crippen molar-refractivity contribution in [1.82, 2.24) is 15.0 Å². The quantitative estimate of drug-likeness (QED) is 0.770. The van der Waals surface area contributed by atoms with Crippen LogP contribution in [-0.4, -0.2) is 47.4 Å². The van der Waals surface area contributed by atoms with Crippen LogP contribution in [0.3, 0.4) is 0 Å². The smallest absolute Gasteiger partial charge is 0.228 e. The summed E-state index contributed by atoms with van der Waals surface area (Å²) in [6.45, 7) is 2.34. The maximum atomic E-state index is 5.63. The van der Waals surface area contributed by atoms with Crippen LogP contribution in [0.1, 0.15) is 0 Å². The maximum absolute atomic E-state index is 5.63. The molecule has 0 aliphatic carbocycles. The number of aromatic nitrogens is 3. The first kappa shape index (κ1) is 11.3. The number of hydrogen-bond donors (Lipinski definition) is 2. The van der Waals surface area contributed by atoms with Crippen molar-refractivity contribution in [2.45, 2.75) is 6.10 Å². The molecule has 2 rings (SSSR count). The number of nitrogens with two attached hydrogens (primary N) is 1. The van der Waals surface area contributed by atoms with Crippen LogP contribution in [-0.2, 0) is 9.47 Å². The molecule has 1 fully saturated rings. The molecule has 0 radical (unpaired) electrons. The molecule has 1 aromatic heterocycles. The first-order chi connectivity index (χ1) is 7.74. The molecular formula is C8H12ClN5O2. The lowest BCUT2D eigenvalue weighted by Gasteiger charge is -2.22. The van der Waals surface area contributed by atoms with Crippen LogP contribution in [0.4, 0.5) is 11.9 Å². The Balaban J connectivity index is 1.88. The van der Waals surface area contributed by atoms with E-state index in [2.05, 4.69) is 20.3 Å². The molecule has 1 atom stereocenters.